The molecular weight excluding hydrogens is 262 g/mol. The summed E-state index contributed by atoms with van der Waals surface area (Å²) in [4.78, 5) is 16.4. The molecule has 2 aromatic carbocycles. The molecule has 3 nitrogen and oxygen atoms in total. The van der Waals surface area contributed by atoms with Crippen molar-refractivity contribution in [1.29, 1.82) is 0 Å². The van der Waals surface area contributed by atoms with Crippen LogP contribution in [0.2, 0.25) is 0 Å². The molecule has 21 heavy (non-hydrogen) atoms. The maximum absolute atomic E-state index is 12.1. The lowest BCUT2D eigenvalue weighted by molar-refractivity contribution is 0.0465. The van der Waals surface area contributed by atoms with Crippen LogP contribution >= 0.6 is 0 Å². The highest BCUT2D eigenvalue weighted by molar-refractivity contribution is 5.91. The van der Waals surface area contributed by atoms with E-state index in [2.05, 4.69) is 4.98 Å². The average molecular weight is 277 g/mol. The van der Waals surface area contributed by atoms with Crippen molar-refractivity contribution >= 4 is 16.9 Å². The summed E-state index contributed by atoms with van der Waals surface area (Å²) in [5, 5.41) is 1.01. The van der Waals surface area contributed by atoms with Gasteiger partial charge in [0, 0.05) is 5.39 Å². The monoisotopic (exact) mass is 277 g/mol. The first kappa shape index (κ1) is 13.3. The van der Waals surface area contributed by atoms with E-state index in [0.717, 1.165) is 22.0 Å². The Kier molecular flexibility index (Phi) is 3.65. The zero-order valence-corrected chi connectivity index (χ0v) is 11.7. The molecule has 0 aliphatic carbocycles. The summed E-state index contributed by atoms with van der Waals surface area (Å²) in [6, 6.07) is 19.1. The van der Waals surface area contributed by atoms with Crippen LogP contribution in [0.1, 0.15) is 21.6 Å². The van der Waals surface area contributed by atoms with Gasteiger partial charge < -0.3 is 4.74 Å². The Morgan fingerprint density at radius 2 is 1.76 bits per heavy atom. The van der Waals surface area contributed by atoms with Gasteiger partial charge in [-0.1, -0.05) is 48.5 Å². The summed E-state index contributed by atoms with van der Waals surface area (Å²) in [5.41, 5.74) is 3.24. The molecule has 1 heterocycles. The quantitative estimate of drug-likeness (QED) is 0.681. The van der Waals surface area contributed by atoms with E-state index in [1.54, 1.807) is 6.07 Å². The standard InChI is InChI=1S/C18H15NO2/c1-13-6-2-3-8-15(13)12-21-18(20)17-11-10-14-7-4-5-9-16(14)19-17/h2-11H,12H2,1H3. The molecule has 0 spiro atoms. The number of ether oxygens (including phenoxy) is 1. The van der Waals surface area contributed by atoms with Crippen molar-refractivity contribution in [3.05, 3.63) is 77.5 Å². The highest BCUT2D eigenvalue weighted by Gasteiger charge is 2.10. The summed E-state index contributed by atoms with van der Waals surface area (Å²) in [5.74, 6) is -0.399. The number of hydrogen-bond acceptors (Lipinski definition) is 3. The molecular formula is C18H15NO2. The van der Waals surface area contributed by atoms with E-state index >= 15 is 0 Å². The van der Waals surface area contributed by atoms with Crippen LogP contribution in [0.15, 0.2) is 60.7 Å². The molecule has 3 heteroatoms. The minimum absolute atomic E-state index is 0.264. The lowest BCUT2D eigenvalue weighted by Gasteiger charge is -2.07. The van der Waals surface area contributed by atoms with Crippen LogP contribution in [0.5, 0.6) is 0 Å². The van der Waals surface area contributed by atoms with Crippen molar-refractivity contribution in [2.24, 2.45) is 0 Å². The number of rotatable bonds is 3. The molecule has 0 saturated heterocycles. The molecule has 0 amide bonds. The molecule has 0 aliphatic rings. The maximum Gasteiger partial charge on any atom is 0.357 e. The fraction of sp³-hybridized carbons (Fsp3) is 0.111. The van der Waals surface area contributed by atoms with Crippen molar-refractivity contribution in [3.63, 3.8) is 0 Å². The molecule has 3 rings (SSSR count). The summed E-state index contributed by atoms with van der Waals surface area (Å²) in [7, 11) is 0. The van der Waals surface area contributed by atoms with Crippen LogP contribution in [0.3, 0.4) is 0 Å². The minimum atomic E-state index is -0.399. The molecule has 3 aromatic rings. The average Bonchev–Trinajstić information content (AvgIpc) is 2.53. The van der Waals surface area contributed by atoms with E-state index < -0.39 is 5.97 Å². The Morgan fingerprint density at radius 3 is 2.62 bits per heavy atom. The largest absolute Gasteiger partial charge is 0.456 e. The number of aromatic nitrogens is 1. The third-order valence-corrected chi connectivity index (χ3v) is 3.43. The smallest absolute Gasteiger partial charge is 0.357 e. The summed E-state index contributed by atoms with van der Waals surface area (Å²) >= 11 is 0. The van der Waals surface area contributed by atoms with Gasteiger partial charge in [0.2, 0.25) is 0 Å². The second-order valence-electron chi connectivity index (χ2n) is 4.89. The number of esters is 1. The third kappa shape index (κ3) is 2.92. The molecule has 0 saturated carbocycles. The predicted molar refractivity (Wildman–Crippen MR) is 82.0 cm³/mol. The Morgan fingerprint density at radius 1 is 1.00 bits per heavy atom. The molecule has 0 fully saturated rings. The van der Waals surface area contributed by atoms with Crippen molar-refractivity contribution in [2.75, 3.05) is 0 Å². The first-order valence-electron chi connectivity index (χ1n) is 6.81. The lowest BCUT2D eigenvalue weighted by atomic mass is 10.1. The highest BCUT2D eigenvalue weighted by atomic mass is 16.5. The predicted octanol–water partition coefficient (Wildman–Crippen LogP) is 3.90. The SMILES string of the molecule is Cc1ccccc1COC(=O)c1ccc2ccccc2n1. The second-order valence-corrected chi connectivity index (χ2v) is 4.89. The van der Waals surface area contributed by atoms with Crippen LogP contribution < -0.4 is 0 Å². The van der Waals surface area contributed by atoms with E-state index in [9.17, 15) is 4.79 Å². The van der Waals surface area contributed by atoms with Crippen molar-refractivity contribution in [3.8, 4) is 0 Å². The van der Waals surface area contributed by atoms with Crippen molar-refractivity contribution in [1.82, 2.24) is 4.98 Å². The number of nitrogens with zero attached hydrogens (tertiary/aromatic N) is 1. The highest BCUT2D eigenvalue weighted by Crippen LogP contribution is 2.14. The zero-order valence-electron chi connectivity index (χ0n) is 11.7. The summed E-state index contributed by atoms with van der Waals surface area (Å²) in [6.07, 6.45) is 0. The van der Waals surface area contributed by atoms with Gasteiger partial charge in [-0.15, -0.1) is 0 Å². The van der Waals surface area contributed by atoms with Gasteiger partial charge in [0.15, 0.2) is 0 Å². The maximum atomic E-state index is 12.1. The Bertz CT molecular complexity index is 796. The van der Waals surface area contributed by atoms with E-state index in [-0.39, 0.29) is 6.61 Å². The zero-order chi connectivity index (χ0) is 14.7. The van der Waals surface area contributed by atoms with Crippen LogP contribution in [0.4, 0.5) is 0 Å². The number of carbonyl (C=O) groups excluding carboxylic acids is 1. The van der Waals surface area contributed by atoms with Crippen LogP contribution in [0, 0.1) is 6.92 Å². The Labute approximate surface area is 123 Å². The number of pyridine rings is 1. The second kappa shape index (κ2) is 5.75. The number of para-hydroxylation sites is 1. The van der Waals surface area contributed by atoms with Crippen molar-refractivity contribution < 1.29 is 9.53 Å². The van der Waals surface area contributed by atoms with Gasteiger partial charge in [-0.3, -0.25) is 0 Å². The summed E-state index contributed by atoms with van der Waals surface area (Å²) in [6.45, 7) is 2.26. The third-order valence-electron chi connectivity index (χ3n) is 3.43. The van der Waals surface area contributed by atoms with Gasteiger partial charge >= 0.3 is 5.97 Å². The molecule has 0 bridgehead atoms. The molecule has 0 radical (unpaired) electrons. The van der Waals surface area contributed by atoms with Crippen LogP contribution in [-0.4, -0.2) is 11.0 Å². The molecule has 104 valence electrons. The topological polar surface area (TPSA) is 39.2 Å². The molecule has 0 unspecified atom stereocenters. The van der Waals surface area contributed by atoms with Crippen molar-refractivity contribution in [2.45, 2.75) is 13.5 Å². The van der Waals surface area contributed by atoms with E-state index in [1.807, 2.05) is 61.5 Å². The van der Waals surface area contributed by atoms with Gasteiger partial charge in [-0.05, 0) is 30.2 Å². The fourth-order valence-corrected chi connectivity index (χ4v) is 2.17. The Hall–Kier alpha value is -2.68. The molecule has 0 aliphatic heterocycles. The summed E-state index contributed by atoms with van der Waals surface area (Å²) < 4.78 is 5.34. The molecule has 0 N–H and O–H groups in total. The number of fused-ring (bicyclic) bond motifs is 1. The van der Waals surface area contributed by atoms with Gasteiger partial charge in [-0.25, -0.2) is 9.78 Å². The fourth-order valence-electron chi connectivity index (χ4n) is 2.17. The van der Waals surface area contributed by atoms with E-state index in [4.69, 9.17) is 4.74 Å². The van der Waals surface area contributed by atoms with Gasteiger partial charge in [0.25, 0.3) is 0 Å². The van der Waals surface area contributed by atoms with Crippen LogP contribution in [0.25, 0.3) is 10.9 Å². The first-order chi connectivity index (χ1) is 10.2. The lowest BCUT2D eigenvalue weighted by Crippen LogP contribution is -2.08. The molecule has 0 atom stereocenters. The van der Waals surface area contributed by atoms with Gasteiger partial charge in [-0.2, -0.15) is 0 Å². The first-order valence-corrected chi connectivity index (χ1v) is 6.81. The van der Waals surface area contributed by atoms with Gasteiger partial charge in [0.05, 0.1) is 5.52 Å². The van der Waals surface area contributed by atoms with E-state index in [0.29, 0.717) is 5.69 Å². The minimum Gasteiger partial charge on any atom is -0.456 e. The normalized spacial score (nSPS) is 10.5. The van der Waals surface area contributed by atoms with E-state index in [1.165, 1.54) is 0 Å². The number of hydrogen-bond donors (Lipinski definition) is 0. The Balaban J connectivity index is 1.76. The number of carbonyl (C=O) groups is 1. The van der Waals surface area contributed by atoms with Gasteiger partial charge in [0.1, 0.15) is 12.3 Å². The number of aryl methyl sites for hydroxylation is 1. The number of benzene rings is 2. The van der Waals surface area contributed by atoms with Crippen LogP contribution in [-0.2, 0) is 11.3 Å². The molecule has 1 aromatic heterocycles.